The van der Waals surface area contributed by atoms with Crippen LogP contribution in [0.5, 0.6) is 11.5 Å². The van der Waals surface area contributed by atoms with Crippen molar-refractivity contribution >= 4 is 46.6 Å². The van der Waals surface area contributed by atoms with Crippen LogP contribution in [0.4, 0.5) is 10.5 Å². The summed E-state index contributed by atoms with van der Waals surface area (Å²) in [5, 5.41) is 3.67. The third-order valence-corrected chi connectivity index (χ3v) is 3.47. The first-order chi connectivity index (χ1) is 9.99. The fraction of sp³-hybridized carbons (Fsp3) is 0.0714. The van der Waals surface area contributed by atoms with Crippen molar-refractivity contribution in [1.29, 1.82) is 0 Å². The van der Waals surface area contributed by atoms with Crippen molar-refractivity contribution in [3.63, 3.8) is 0 Å². The van der Waals surface area contributed by atoms with Crippen molar-refractivity contribution in [2.75, 3.05) is 12.4 Å². The monoisotopic (exact) mass is 345 g/mol. The number of amides is 1. The average Bonchev–Trinajstić information content (AvgIpc) is 2.43. The van der Waals surface area contributed by atoms with Crippen molar-refractivity contribution in [1.82, 2.24) is 0 Å². The van der Waals surface area contributed by atoms with Gasteiger partial charge in [-0.1, -0.05) is 34.8 Å². The molecule has 0 atom stereocenters. The van der Waals surface area contributed by atoms with E-state index in [0.717, 1.165) is 0 Å². The minimum atomic E-state index is -0.700. The molecule has 7 heteroatoms. The molecule has 0 spiro atoms. The van der Waals surface area contributed by atoms with Crippen LogP contribution in [0.15, 0.2) is 36.4 Å². The summed E-state index contributed by atoms with van der Waals surface area (Å²) in [5.41, 5.74) is 0.398. The molecule has 110 valence electrons. The van der Waals surface area contributed by atoms with Gasteiger partial charge in [0.25, 0.3) is 0 Å². The molecule has 21 heavy (non-hydrogen) atoms. The zero-order valence-corrected chi connectivity index (χ0v) is 13.1. The summed E-state index contributed by atoms with van der Waals surface area (Å²) >= 11 is 17.5. The normalized spacial score (nSPS) is 10.1. The molecule has 0 saturated carbocycles. The Balaban J connectivity index is 2.11. The van der Waals surface area contributed by atoms with Crippen molar-refractivity contribution in [2.24, 2.45) is 0 Å². The van der Waals surface area contributed by atoms with Crippen LogP contribution in [0.1, 0.15) is 0 Å². The van der Waals surface area contributed by atoms with Gasteiger partial charge in [0.05, 0.1) is 22.8 Å². The molecule has 0 aliphatic heterocycles. The van der Waals surface area contributed by atoms with E-state index in [1.165, 1.54) is 25.3 Å². The van der Waals surface area contributed by atoms with E-state index in [9.17, 15) is 4.79 Å². The van der Waals surface area contributed by atoms with E-state index in [4.69, 9.17) is 44.3 Å². The van der Waals surface area contributed by atoms with Gasteiger partial charge in [-0.3, -0.25) is 5.32 Å². The topological polar surface area (TPSA) is 47.6 Å². The lowest BCUT2D eigenvalue weighted by atomic mass is 10.3. The minimum Gasteiger partial charge on any atom is -0.495 e. The molecule has 2 rings (SSSR count). The molecule has 0 bridgehead atoms. The predicted octanol–water partition coefficient (Wildman–Crippen LogP) is 5.27. The van der Waals surface area contributed by atoms with E-state index in [2.05, 4.69) is 5.32 Å². The summed E-state index contributed by atoms with van der Waals surface area (Å²) in [6.45, 7) is 0. The van der Waals surface area contributed by atoms with E-state index in [0.29, 0.717) is 26.5 Å². The molecule has 2 aromatic rings. The van der Waals surface area contributed by atoms with Gasteiger partial charge in [0.1, 0.15) is 11.5 Å². The number of anilines is 1. The molecule has 0 fully saturated rings. The van der Waals surface area contributed by atoms with Crippen LogP contribution in [-0.2, 0) is 0 Å². The summed E-state index contributed by atoms with van der Waals surface area (Å²) in [6, 6.07) is 9.34. The Morgan fingerprint density at radius 1 is 1.05 bits per heavy atom. The zero-order valence-electron chi connectivity index (χ0n) is 10.8. The smallest absolute Gasteiger partial charge is 0.417 e. The van der Waals surface area contributed by atoms with Crippen LogP contribution < -0.4 is 14.8 Å². The maximum absolute atomic E-state index is 11.8. The van der Waals surface area contributed by atoms with Crippen LogP contribution >= 0.6 is 34.8 Å². The van der Waals surface area contributed by atoms with E-state index in [-0.39, 0.29) is 5.75 Å². The van der Waals surface area contributed by atoms with Crippen molar-refractivity contribution < 1.29 is 14.3 Å². The Kier molecular flexibility index (Phi) is 5.17. The lowest BCUT2D eigenvalue weighted by Gasteiger charge is -2.11. The van der Waals surface area contributed by atoms with Gasteiger partial charge < -0.3 is 9.47 Å². The molecule has 0 radical (unpaired) electrons. The summed E-state index contributed by atoms with van der Waals surface area (Å²) in [4.78, 5) is 11.8. The highest BCUT2D eigenvalue weighted by Crippen LogP contribution is 2.29. The first-order valence-electron chi connectivity index (χ1n) is 5.77. The van der Waals surface area contributed by atoms with Gasteiger partial charge in [0.15, 0.2) is 0 Å². The van der Waals surface area contributed by atoms with Gasteiger partial charge in [-0.2, -0.15) is 0 Å². The first-order valence-corrected chi connectivity index (χ1v) is 6.90. The minimum absolute atomic E-state index is 0.267. The van der Waals surface area contributed by atoms with Gasteiger partial charge in [0.2, 0.25) is 0 Å². The summed E-state index contributed by atoms with van der Waals surface area (Å²) < 4.78 is 10.2. The van der Waals surface area contributed by atoms with E-state index >= 15 is 0 Å². The number of hydrogen-bond donors (Lipinski definition) is 1. The van der Waals surface area contributed by atoms with Crippen LogP contribution in [0.2, 0.25) is 15.1 Å². The Bertz CT molecular complexity index is 677. The average molecular weight is 347 g/mol. The number of rotatable bonds is 3. The zero-order chi connectivity index (χ0) is 15.4. The second-order valence-corrected chi connectivity index (χ2v) is 5.19. The standard InChI is InChI=1S/C14H10Cl3NO3/c1-20-13-5-2-8(15)6-12(13)18-14(19)21-9-3-4-10(16)11(17)7-9/h2-7H,1H3,(H,18,19). The third-order valence-electron chi connectivity index (χ3n) is 2.50. The number of carbonyl (C=O) groups is 1. The number of halogens is 3. The highest BCUT2D eigenvalue weighted by molar-refractivity contribution is 6.42. The van der Waals surface area contributed by atoms with Gasteiger partial charge in [0, 0.05) is 11.1 Å². The van der Waals surface area contributed by atoms with Gasteiger partial charge >= 0.3 is 6.09 Å². The van der Waals surface area contributed by atoms with Crippen LogP contribution in [-0.4, -0.2) is 13.2 Å². The van der Waals surface area contributed by atoms with Gasteiger partial charge in [-0.25, -0.2) is 4.79 Å². The number of benzene rings is 2. The number of hydrogen-bond acceptors (Lipinski definition) is 3. The van der Waals surface area contributed by atoms with Crippen LogP contribution in [0, 0.1) is 0 Å². The van der Waals surface area contributed by atoms with Crippen molar-refractivity contribution in [3.8, 4) is 11.5 Å². The molecular formula is C14H10Cl3NO3. The molecular weight excluding hydrogens is 337 g/mol. The molecule has 0 saturated heterocycles. The van der Waals surface area contributed by atoms with Crippen LogP contribution in [0.3, 0.4) is 0 Å². The highest BCUT2D eigenvalue weighted by Gasteiger charge is 2.11. The number of nitrogens with one attached hydrogen (secondary N) is 1. The number of carbonyl (C=O) groups excluding carboxylic acids is 1. The Hall–Kier alpha value is -1.62. The predicted molar refractivity (Wildman–Crippen MR) is 84.1 cm³/mol. The van der Waals surface area contributed by atoms with Crippen LogP contribution in [0.25, 0.3) is 0 Å². The lowest BCUT2D eigenvalue weighted by Crippen LogP contribution is -2.17. The first kappa shape index (κ1) is 15.8. The Morgan fingerprint density at radius 3 is 2.48 bits per heavy atom. The number of methoxy groups -OCH3 is 1. The van der Waals surface area contributed by atoms with E-state index in [1.54, 1.807) is 18.2 Å². The van der Waals surface area contributed by atoms with Crippen molar-refractivity contribution in [2.45, 2.75) is 0 Å². The number of ether oxygens (including phenoxy) is 2. The fourth-order valence-electron chi connectivity index (χ4n) is 1.56. The summed E-state index contributed by atoms with van der Waals surface area (Å²) in [5.74, 6) is 0.730. The SMILES string of the molecule is COc1ccc(Cl)cc1NC(=O)Oc1ccc(Cl)c(Cl)c1. The fourth-order valence-corrected chi connectivity index (χ4v) is 2.02. The molecule has 0 aromatic heterocycles. The van der Waals surface area contributed by atoms with Crippen molar-refractivity contribution in [3.05, 3.63) is 51.5 Å². The quantitative estimate of drug-likeness (QED) is 0.824. The maximum Gasteiger partial charge on any atom is 0.417 e. The van der Waals surface area contributed by atoms with Gasteiger partial charge in [-0.15, -0.1) is 0 Å². The highest BCUT2D eigenvalue weighted by atomic mass is 35.5. The van der Waals surface area contributed by atoms with E-state index < -0.39 is 6.09 Å². The Labute approximate surface area is 136 Å². The Morgan fingerprint density at radius 2 is 1.81 bits per heavy atom. The van der Waals surface area contributed by atoms with E-state index in [1.807, 2.05) is 0 Å². The largest absolute Gasteiger partial charge is 0.495 e. The molecule has 1 N–H and O–H groups in total. The lowest BCUT2D eigenvalue weighted by molar-refractivity contribution is 0.215. The molecule has 4 nitrogen and oxygen atoms in total. The molecule has 0 heterocycles. The molecule has 0 unspecified atom stereocenters. The second kappa shape index (κ2) is 6.89. The third kappa shape index (κ3) is 4.17. The molecule has 0 aliphatic carbocycles. The summed E-state index contributed by atoms with van der Waals surface area (Å²) in [7, 11) is 1.48. The molecule has 1 amide bonds. The molecule has 2 aromatic carbocycles. The van der Waals surface area contributed by atoms with Gasteiger partial charge in [-0.05, 0) is 30.3 Å². The second-order valence-electron chi connectivity index (χ2n) is 3.94. The molecule has 0 aliphatic rings. The maximum atomic E-state index is 11.8. The summed E-state index contributed by atoms with van der Waals surface area (Å²) in [6.07, 6.45) is -0.700.